The minimum atomic E-state index is -0.423. The van der Waals surface area contributed by atoms with Gasteiger partial charge in [0.15, 0.2) is 0 Å². The van der Waals surface area contributed by atoms with Gasteiger partial charge in [-0.1, -0.05) is 0 Å². The maximum atomic E-state index is 12.2. The van der Waals surface area contributed by atoms with Crippen LogP contribution in [0, 0.1) is 5.92 Å². The molecular formula is C18H31N3O2. The average Bonchev–Trinajstić information content (AvgIpc) is 2.93. The van der Waals surface area contributed by atoms with Gasteiger partial charge in [-0.3, -0.25) is 0 Å². The Bertz CT molecular complexity index is 505. The maximum Gasteiger partial charge on any atom is 0.410 e. The number of likely N-dealkylation sites (tertiary alicyclic amines) is 1. The molecule has 0 spiro atoms. The molecule has 0 aliphatic carbocycles. The van der Waals surface area contributed by atoms with Gasteiger partial charge in [-0.25, -0.2) is 4.79 Å². The van der Waals surface area contributed by atoms with E-state index in [1.165, 1.54) is 12.1 Å². The lowest BCUT2D eigenvalue weighted by Crippen LogP contribution is -2.45. The van der Waals surface area contributed by atoms with Crippen molar-refractivity contribution in [2.75, 3.05) is 19.6 Å². The third kappa shape index (κ3) is 5.57. The number of nitrogens with one attached hydrogen (secondary N) is 1. The van der Waals surface area contributed by atoms with E-state index >= 15 is 0 Å². The number of aryl methyl sites for hydroxylation is 1. The van der Waals surface area contributed by atoms with Crippen molar-refractivity contribution in [3.05, 3.63) is 24.0 Å². The summed E-state index contributed by atoms with van der Waals surface area (Å²) < 4.78 is 7.73. The molecule has 1 N–H and O–H groups in total. The van der Waals surface area contributed by atoms with Crippen LogP contribution in [0.15, 0.2) is 18.3 Å². The molecule has 1 unspecified atom stereocenters. The maximum absolute atomic E-state index is 12.2. The number of carbonyl (C=O) groups excluding carboxylic acids is 1. The smallest absolute Gasteiger partial charge is 0.410 e. The summed E-state index contributed by atoms with van der Waals surface area (Å²) in [6.45, 7) is 12.3. The predicted molar refractivity (Wildman–Crippen MR) is 92.3 cm³/mol. The third-order valence-electron chi connectivity index (χ3n) is 4.17. The van der Waals surface area contributed by atoms with Gasteiger partial charge >= 0.3 is 6.09 Å². The van der Waals surface area contributed by atoms with Crippen molar-refractivity contribution in [1.82, 2.24) is 14.8 Å². The first-order chi connectivity index (χ1) is 10.9. The van der Waals surface area contributed by atoms with E-state index in [0.29, 0.717) is 5.92 Å². The Labute approximate surface area is 140 Å². The van der Waals surface area contributed by atoms with Crippen molar-refractivity contribution in [3.8, 4) is 0 Å². The number of amides is 1. The summed E-state index contributed by atoms with van der Waals surface area (Å²) in [6, 6.07) is 4.25. The molecule has 0 aromatic carbocycles. The molecule has 1 atom stereocenters. The van der Waals surface area contributed by atoms with Crippen LogP contribution in [0.3, 0.4) is 0 Å². The first kappa shape index (κ1) is 17.9. The molecule has 1 aliphatic rings. The molecule has 5 nitrogen and oxygen atoms in total. The topological polar surface area (TPSA) is 46.5 Å². The summed E-state index contributed by atoms with van der Waals surface area (Å²) in [5.41, 5.74) is 0.890. The minimum absolute atomic E-state index is 0.179. The van der Waals surface area contributed by atoms with Crippen molar-refractivity contribution in [1.29, 1.82) is 0 Å². The van der Waals surface area contributed by atoms with Crippen LogP contribution in [0.4, 0.5) is 4.79 Å². The number of carbonyl (C=O) groups is 1. The summed E-state index contributed by atoms with van der Waals surface area (Å²) in [5, 5.41) is 3.54. The number of rotatable bonds is 5. The average molecular weight is 321 g/mol. The molecule has 1 aliphatic heterocycles. The van der Waals surface area contributed by atoms with Gasteiger partial charge < -0.3 is 19.5 Å². The van der Waals surface area contributed by atoms with Crippen LogP contribution in [0.2, 0.25) is 0 Å². The van der Waals surface area contributed by atoms with Crippen LogP contribution in [0.25, 0.3) is 0 Å². The summed E-state index contributed by atoms with van der Waals surface area (Å²) in [5.74, 6) is 0.501. The number of aromatic nitrogens is 1. The molecule has 5 heteroatoms. The van der Waals surface area contributed by atoms with Gasteiger partial charge in [-0.05, 0) is 58.6 Å². The monoisotopic (exact) mass is 321 g/mol. The van der Waals surface area contributed by atoms with Gasteiger partial charge in [0, 0.05) is 44.6 Å². The van der Waals surface area contributed by atoms with Crippen LogP contribution in [0.5, 0.6) is 0 Å². The Kier molecular flexibility index (Phi) is 6.10. The number of piperidine rings is 1. The highest BCUT2D eigenvalue weighted by Gasteiger charge is 2.27. The zero-order valence-electron chi connectivity index (χ0n) is 15.0. The SMILES string of the molecule is CCn1cccc1CNCC1CCCN(C(=O)OC(C)(C)C)C1. The van der Waals surface area contributed by atoms with Crippen molar-refractivity contribution >= 4 is 6.09 Å². The van der Waals surface area contributed by atoms with Crippen molar-refractivity contribution in [3.63, 3.8) is 0 Å². The molecule has 1 amide bonds. The lowest BCUT2D eigenvalue weighted by molar-refractivity contribution is 0.0166. The van der Waals surface area contributed by atoms with E-state index in [-0.39, 0.29) is 6.09 Å². The van der Waals surface area contributed by atoms with E-state index in [0.717, 1.165) is 39.1 Å². The molecule has 2 rings (SSSR count). The summed E-state index contributed by atoms with van der Waals surface area (Å²) in [6.07, 6.45) is 4.15. The van der Waals surface area contributed by atoms with Crippen molar-refractivity contribution in [2.24, 2.45) is 5.92 Å². The van der Waals surface area contributed by atoms with E-state index in [1.54, 1.807) is 0 Å². The number of ether oxygens (including phenoxy) is 1. The molecule has 1 aromatic heterocycles. The molecule has 0 bridgehead atoms. The van der Waals surface area contributed by atoms with Gasteiger partial charge in [0.1, 0.15) is 5.60 Å². The van der Waals surface area contributed by atoms with Gasteiger partial charge in [0.25, 0.3) is 0 Å². The van der Waals surface area contributed by atoms with Gasteiger partial charge in [-0.15, -0.1) is 0 Å². The second-order valence-electron chi connectivity index (χ2n) is 7.35. The minimum Gasteiger partial charge on any atom is -0.444 e. The number of hydrogen-bond donors (Lipinski definition) is 1. The fourth-order valence-electron chi connectivity index (χ4n) is 3.05. The summed E-state index contributed by atoms with van der Waals surface area (Å²) >= 11 is 0. The molecule has 0 saturated carbocycles. The Morgan fingerprint density at radius 1 is 1.43 bits per heavy atom. The molecule has 1 aromatic rings. The van der Waals surface area contributed by atoms with Crippen LogP contribution >= 0.6 is 0 Å². The fraction of sp³-hybridized carbons (Fsp3) is 0.722. The van der Waals surface area contributed by atoms with E-state index in [4.69, 9.17) is 4.74 Å². The van der Waals surface area contributed by atoms with Crippen LogP contribution in [0.1, 0.15) is 46.2 Å². The Morgan fingerprint density at radius 3 is 2.91 bits per heavy atom. The molecular weight excluding hydrogens is 290 g/mol. The molecule has 130 valence electrons. The summed E-state index contributed by atoms with van der Waals surface area (Å²) in [7, 11) is 0. The van der Waals surface area contributed by atoms with Crippen LogP contribution in [-0.2, 0) is 17.8 Å². The summed E-state index contributed by atoms with van der Waals surface area (Å²) in [4.78, 5) is 14.0. The highest BCUT2D eigenvalue weighted by atomic mass is 16.6. The highest BCUT2D eigenvalue weighted by molar-refractivity contribution is 5.68. The molecule has 2 heterocycles. The van der Waals surface area contributed by atoms with Crippen molar-refractivity contribution in [2.45, 2.75) is 59.2 Å². The first-order valence-corrected chi connectivity index (χ1v) is 8.71. The van der Waals surface area contributed by atoms with Crippen LogP contribution < -0.4 is 5.32 Å². The normalized spacial score (nSPS) is 19.0. The van der Waals surface area contributed by atoms with E-state index in [1.807, 2.05) is 25.7 Å². The highest BCUT2D eigenvalue weighted by Crippen LogP contribution is 2.19. The Morgan fingerprint density at radius 2 is 2.22 bits per heavy atom. The molecule has 1 fully saturated rings. The molecule has 1 saturated heterocycles. The zero-order chi connectivity index (χ0) is 16.9. The van der Waals surface area contributed by atoms with Gasteiger partial charge in [0.2, 0.25) is 0 Å². The fourth-order valence-corrected chi connectivity index (χ4v) is 3.05. The lowest BCUT2D eigenvalue weighted by atomic mass is 9.98. The molecule has 0 radical (unpaired) electrons. The number of nitrogens with zero attached hydrogens (tertiary/aromatic N) is 2. The predicted octanol–water partition coefficient (Wildman–Crippen LogP) is 3.24. The second kappa shape index (κ2) is 7.86. The Balaban J connectivity index is 1.77. The zero-order valence-corrected chi connectivity index (χ0v) is 15.0. The van der Waals surface area contributed by atoms with Gasteiger partial charge in [0.05, 0.1) is 0 Å². The Hall–Kier alpha value is -1.49. The lowest BCUT2D eigenvalue weighted by Gasteiger charge is -2.34. The van der Waals surface area contributed by atoms with Crippen molar-refractivity contribution < 1.29 is 9.53 Å². The standard InChI is InChI=1S/C18H31N3O2/c1-5-20-10-7-9-16(20)13-19-12-15-8-6-11-21(14-15)17(22)23-18(2,3)4/h7,9-10,15,19H,5-6,8,11-14H2,1-4H3. The van der Waals surface area contributed by atoms with E-state index in [9.17, 15) is 4.79 Å². The third-order valence-corrected chi connectivity index (χ3v) is 4.17. The van der Waals surface area contributed by atoms with Crippen LogP contribution in [-0.4, -0.2) is 40.8 Å². The number of hydrogen-bond acceptors (Lipinski definition) is 3. The largest absolute Gasteiger partial charge is 0.444 e. The quantitative estimate of drug-likeness (QED) is 0.905. The van der Waals surface area contributed by atoms with E-state index in [2.05, 4.69) is 35.1 Å². The second-order valence-corrected chi connectivity index (χ2v) is 7.35. The first-order valence-electron chi connectivity index (χ1n) is 8.71. The van der Waals surface area contributed by atoms with E-state index < -0.39 is 5.60 Å². The molecule has 23 heavy (non-hydrogen) atoms. The van der Waals surface area contributed by atoms with Gasteiger partial charge in [-0.2, -0.15) is 0 Å².